The zero-order chi connectivity index (χ0) is 19.8. The molecular weight excluding hydrogens is 366 g/mol. The Kier molecular flexibility index (Phi) is 5.02. The fraction of sp³-hybridized carbons (Fsp3) is 0.609. The minimum absolute atomic E-state index is 0.109. The topological polar surface area (TPSA) is 77.2 Å². The maximum absolute atomic E-state index is 12.5. The Balaban J connectivity index is 1.13. The van der Waals surface area contributed by atoms with Gasteiger partial charge in [0.15, 0.2) is 0 Å². The van der Waals surface area contributed by atoms with Crippen LogP contribution in [0.5, 0.6) is 5.75 Å². The Morgan fingerprint density at radius 2 is 2.00 bits per heavy atom. The summed E-state index contributed by atoms with van der Waals surface area (Å²) in [4.78, 5) is 16.9. The van der Waals surface area contributed by atoms with Crippen LogP contribution in [0.15, 0.2) is 28.8 Å². The summed E-state index contributed by atoms with van der Waals surface area (Å²) in [6.07, 6.45) is 7.55. The Bertz CT molecular complexity index is 863. The van der Waals surface area contributed by atoms with E-state index in [1.165, 1.54) is 32.1 Å². The molecule has 0 unspecified atom stereocenters. The van der Waals surface area contributed by atoms with Gasteiger partial charge in [0.2, 0.25) is 17.6 Å². The third-order valence-corrected chi connectivity index (χ3v) is 7.23. The van der Waals surface area contributed by atoms with E-state index in [4.69, 9.17) is 9.26 Å². The Labute approximate surface area is 171 Å². The van der Waals surface area contributed by atoms with Crippen molar-refractivity contribution in [3.8, 4) is 17.1 Å². The van der Waals surface area contributed by atoms with Gasteiger partial charge in [0.1, 0.15) is 5.75 Å². The van der Waals surface area contributed by atoms with Crippen molar-refractivity contribution < 1.29 is 14.1 Å². The van der Waals surface area contributed by atoms with Crippen molar-refractivity contribution in [2.24, 2.45) is 23.7 Å². The highest BCUT2D eigenvalue weighted by Gasteiger charge is 2.53. The van der Waals surface area contributed by atoms with Crippen LogP contribution in [-0.2, 0) is 11.2 Å². The summed E-state index contributed by atoms with van der Waals surface area (Å²) in [5.74, 6) is 5.37. The minimum atomic E-state index is 0.109. The van der Waals surface area contributed by atoms with Gasteiger partial charge in [-0.05, 0) is 80.5 Å². The molecule has 154 valence electrons. The quantitative estimate of drug-likeness (QED) is 0.766. The van der Waals surface area contributed by atoms with Gasteiger partial charge in [0.25, 0.3) is 0 Å². The van der Waals surface area contributed by atoms with Gasteiger partial charge in [-0.3, -0.25) is 4.79 Å². The van der Waals surface area contributed by atoms with E-state index in [1.807, 2.05) is 31.2 Å². The van der Waals surface area contributed by atoms with Crippen LogP contribution in [-0.4, -0.2) is 28.7 Å². The van der Waals surface area contributed by atoms with Crippen LogP contribution in [0.25, 0.3) is 11.4 Å². The molecule has 2 aromatic rings. The van der Waals surface area contributed by atoms with Crippen LogP contribution in [0, 0.1) is 23.7 Å². The predicted molar refractivity (Wildman–Crippen MR) is 108 cm³/mol. The second-order valence-corrected chi connectivity index (χ2v) is 8.80. The van der Waals surface area contributed by atoms with Crippen molar-refractivity contribution in [1.29, 1.82) is 0 Å². The molecule has 1 aromatic heterocycles. The van der Waals surface area contributed by atoms with E-state index in [0.29, 0.717) is 43.1 Å². The average Bonchev–Trinajstić information content (AvgIpc) is 3.49. The molecule has 2 bridgehead atoms. The number of benzene rings is 1. The van der Waals surface area contributed by atoms with Gasteiger partial charge < -0.3 is 14.6 Å². The number of nitrogens with zero attached hydrogens (tertiary/aromatic N) is 2. The van der Waals surface area contributed by atoms with Gasteiger partial charge in [0, 0.05) is 24.4 Å². The summed E-state index contributed by atoms with van der Waals surface area (Å²) in [7, 11) is 0. The monoisotopic (exact) mass is 395 g/mol. The molecule has 0 radical (unpaired) electrons. The minimum Gasteiger partial charge on any atom is -0.494 e. The Morgan fingerprint density at radius 1 is 1.17 bits per heavy atom. The molecule has 0 aliphatic heterocycles. The van der Waals surface area contributed by atoms with Crippen molar-refractivity contribution in [1.82, 2.24) is 15.5 Å². The molecule has 5 rings (SSSR count). The summed E-state index contributed by atoms with van der Waals surface area (Å²) in [6.45, 7) is 2.59. The molecule has 1 amide bonds. The first kappa shape index (κ1) is 18.6. The third kappa shape index (κ3) is 3.65. The van der Waals surface area contributed by atoms with Gasteiger partial charge in [-0.1, -0.05) is 11.6 Å². The molecule has 6 heteroatoms. The molecule has 29 heavy (non-hydrogen) atoms. The number of hydrogen-bond acceptors (Lipinski definition) is 5. The lowest BCUT2D eigenvalue weighted by Crippen LogP contribution is -2.42. The standard InChI is InChI=1S/C23H29N3O3/c1-2-28-16-8-6-14(7-9-16)23-25-22(29-26-23)11-10-21(27)24-20-13-15-12-19(20)18-5-3-4-17(15)18/h6-9,15,17-20H,2-5,10-13H2,1H3,(H,24,27)/t15-,17+,18+,19+,20-/m1/s1. The van der Waals surface area contributed by atoms with E-state index in [1.54, 1.807) is 0 Å². The van der Waals surface area contributed by atoms with Gasteiger partial charge >= 0.3 is 0 Å². The predicted octanol–water partition coefficient (Wildman–Crippen LogP) is 4.01. The summed E-state index contributed by atoms with van der Waals surface area (Å²) in [5, 5.41) is 7.36. The Morgan fingerprint density at radius 3 is 2.83 bits per heavy atom. The number of aromatic nitrogens is 2. The molecule has 1 heterocycles. The first-order chi connectivity index (χ1) is 14.2. The summed E-state index contributed by atoms with van der Waals surface area (Å²) in [6, 6.07) is 8.00. The molecule has 3 fully saturated rings. The lowest BCUT2D eigenvalue weighted by Gasteiger charge is -2.32. The van der Waals surface area contributed by atoms with Crippen LogP contribution in [0.3, 0.4) is 0 Å². The van der Waals surface area contributed by atoms with E-state index in [-0.39, 0.29) is 5.91 Å². The van der Waals surface area contributed by atoms with Gasteiger partial charge in [-0.15, -0.1) is 0 Å². The van der Waals surface area contributed by atoms with Crippen LogP contribution >= 0.6 is 0 Å². The van der Waals surface area contributed by atoms with E-state index in [9.17, 15) is 4.79 Å². The van der Waals surface area contributed by atoms with E-state index in [0.717, 1.165) is 29.1 Å². The van der Waals surface area contributed by atoms with Crippen LogP contribution in [0.4, 0.5) is 0 Å². The van der Waals surface area contributed by atoms with E-state index < -0.39 is 0 Å². The number of carbonyl (C=O) groups excluding carboxylic acids is 1. The van der Waals surface area contributed by atoms with Gasteiger partial charge in [-0.2, -0.15) is 4.98 Å². The Hall–Kier alpha value is -2.37. The molecule has 0 spiro atoms. The lowest BCUT2D eigenvalue weighted by molar-refractivity contribution is -0.122. The second-order valence-electron chi connectivity index (χ2n) is 8.80. The number of fused-ring (bicyclic) bond motifs is 5. The van der Waals surface area contributed by atoms with E-state index >= 15 is 0 Å². The molecule has 5 atom stereocenters. The van der Waals surface area contributed by atoms with E-state index in [2.05, 4.69) is 15.5 Å². The fourth-order valence-corrected chi connectivity index (χ4v) is 6.07. The highest BCUT2D eigenvalue weighted by atomic mass is 16.5. The van der Waals surface area contributed by atoms with Gasteiger partial charge in [0.05, 0.1) is 6.61 Å². The number of carbonyl (C=O) groups is 1. The first-order valence-corrected chi connectivity index (χ1v) is 11.1. The van der Waals surface area contributed by atoms with Crippen molar-refractivity contribution in [2.45, 2.75) is 57.9 Å². The summed E-state index contributed by atoms with van der Waals surface area (Å²) >= 11 is 0. The molecule has 3 saturated carbocycles. The van der Waals surface area contributed by atoms with Crippen LogP contribution < -0.4 is 10.1 Å². The number of amides is 1. The number of rotatable bonds is 7. The SMILES string of the molecule is CCOc1ccc(-c2noc(CCC(=O)N[C@@H]3C[C@H]4C[C@H]3[C@H]3CCC[C@@H]43)n2)cc1. The molecule has 3 aliphatic rings. The zero-order valence-corrected chi connectivity index (χ0v) is 17.0. The maximum Gasteiger partial charge on any atom is 0.227 e. The molecule has 6 nitrogen and oxygen atoms in total. The summed E-state index contributed by atoms with van der Waals surface area (Å²) < 4.78 is 10.8. The number of ether oxygens (including phenoxy) is 1. The van der Waals surface area contributed by atoms with Crippen molar-refractivity contribution >= 4 is 5.91 Å². The number of aryl methyl sites for hydroxylation is 1. The van der Waals surface area contributed by atoms with Crippen LogP contribution in [0.1, 0.15) is 51.3 Å². The highest BCUT2D eigenvalue weighted by molar-refractivity contribution is 5.76. The van der Waals surface area contributed by atoms with Crippen LogP contribution in [0.2, 0.25) is 0 Å². The molecule has 0 saturated heterocycles. The molecule has 1 N–H and O–H groups in total. The highest BCUT2D eigenvalue weighted by Crippen LogP contribution is 2.58. The normalized spacial score (nSPS) is 29.8. The molecular formula is C23H29N3O3. The lowest BCUT2D eigenvalue weighted by atomic mass is 9.79. The largest absolute Gasteiger partial charge is 0.494 e. The fourth-order valence-electron chi connectivity index (χ4n) is 6.07. The maximum atomic E-state index is 12.5. The zero-order valence-electron chi connectivity index (χ0n) is 17.0. The summed E-state index contributed by atoms with van der Waals surface area (Å²) in [5.41, 5.74) is 0.876. The first-order valence-electron chi connectivity index (χ1n) is 11.1. The number of hydrogen-bond donors (Lipinski definition) is 1. The number of nitrogens with one attached hydrogen (secondary N) is 1. The molecule has 3 aliphatic carbocycles. The smallest absolute Gasteiger partial charge is 0.227 e. The van der Waals surface area contributed by atoms with Gasteiger partial charge in [-0.25, -0.2) is 0 Å². The van der Waals surface area contributed by atoms with Crippen molar-refractivity contribution in [2.75, 3.05) is 6.61 Å². The van der Waals surface area contributed by atoms with Crippen molar-refractivity contribution in [3.63, 3.8) is 0 Å². The third-order valence-electron chi connectivity index (χ3n) is 7.23. The van der Waals surface area contributed by atoms with Crippen molar-refractivity contribution in [3.05, 3.63) is 30.2 Å². The molecule has 1 aromatic carbocycles. The average molecular weight is 396 g/mol. The second kappa shape index (κ2) is 7.81.